The van der Waals surface area contributed by atoms with Crippen LogP contribution in [0.1, 0.15) is 24.8 Å². The van der Waals surface area contributed by atoms with Gasteiger partial charge in [-0.1, -0.05) is 23.7 Å². The second-order valence-electron chi connectivity index (χ2n) is 5.15. The molecule has 0 spiro atoms. The van der Waals surface area contributed by atoms with Crippen LogP contribution in [-0.4, -0.2) is 31.9 Å². The van der Waals surface area contributed by atoms with E-state index >= 15 is 0 Å². The van der Waals surface area contributed by atoms with E-state index in [1.807, 2.05) is 12.1 Å². The van der Waals surface area contributed by atoms with Crippen molar-refractivity contribution in [2.75, 3.05) is 11.5 Å². The van der Waals surface area contributed by atoms with Crippen LogP contribution in [0, 0.1) is 0 Å². The first-order valence-electron chi connectivity index (χ1n) is 6.69. The van der Waals surface area contributed by atoms with Gasteiger partial charge in [0, 0.05) is 17.5 Å². The molecule has 1 atom stereocenters. The Hall–Kier alpha value is -1.07. The molecule has 6 heteroatoms. The summed E-state index contributed by atoms with van der Waals surface area (Å²) in [7, 11) is -2.98. The minimum Gasteiger partial charge on any atom is -0.352 e. The fourth-order valence-electron chi connectivity index (χ4n) is 2.35. The van der Waals surface area contributed by atoms with E-state index in [9.17, 15) is 13.2 Å². The minimum absolute atomic E-state index is 0.0691. The van der Waals surface area contributed by atoms with Crippen molar-refractivity contribution in [2.24, 2.45) is 0 Å². The molecule has 2 rings (SSSR count). The van der Waals surface area contributed by atoms with Crippen molar-refractivity contribution >= 4 is 27.3 Å². The lowest BCUT2D eigenvalue weighted by atomic mass is 10.1. The Morgan fingerprint density at radius 3 is 2.65 bits per heavy atom. The summed E-state index contributed by atoms with van der Waals surface area (Å²) in [5, 5.41) is 3.48. The molecule has 1 N–H and O–H groups in total. The van der Waals surface area contributed by atoms with Gasteiger partial charge in [0.1, 0.15) is 0 Å². The van der Waals surface area contributed by atoms with Gasteiger partial charge in [-0.2, -0.15) is 0 Å². The second-order valence-corrected chi connectivity index (χ2v) is 7.81. The molecule has 0 radical (unpaired) electrons. The lowest BCUT2D eigenvalue weighted by Crippen LogP contribution is -2.43. The van der Waals surface area contributed by atoms with Crippen molar-refractivity contribution in [1.82, 2.24) is 5.32 Å². The van der Waals surface area contributed by atoms with Gasteiger partial charge in [-0.25, -0.2) is 8.42 Å². The summed E-state index contributed by atoms with van der Waals surface area (Å²) in [6.07, 6.45) is 2.36. The first-order valence-corrected chi connectivity index (χ1v) is 8.89. The van der Waals surface area contributed by atoms with E-state index in [2.05, 4.69) is 5.32 Å². The maximum Gasteiger partial charge on any atom is 0.220 e. The molecule has 1 aliphatic heterocycles. The summed E-state index contributed by atoms with van der Waals surface area (Å²) in [6, 6.07) is 7.14. The van der Waals surface area contributed by atoms with Crippen LogP contribution in [0.2, 0.25) is 5.02 Å². The zero-order chi connectivity index (χ0) is 14.6. The Balaban J connectivity index is 1.79. The van der Waals surface area contributed by atoms with Gasteiger partial charge in [-0.3, -0.25) is 4.79 Å². The number of halogens is 1. The second kappa shape index (κ2) is 6.59. The van der Waals surface area contributed by atoms with Crippen LogP contribution in [0.4, 0.5) is 0 Å². The summed E-state index contributed by atoms with van der Waals surface area (Å²) in [4.78, 5) is 11.8. The van der Waals surface area contributed by atoms with E-state index in [1.54, 1.807) is 12.1 Å². The fourth-order valence-corrected chi connectivity index (χ4v) is 4.11. The van der Waals surface area contributed by atoms with E-state index < -0.39 is 9.84 Å². The van der Waals surface area contributed by atoms with Crippen molar-refractivity contribution in [2.45, 2.75) is 31.7 Å². The highest BCUT2D eigenvalue weighted by Crippen LogP contribution is 2.13. The smallest absolute Gasteiger partial charge is 0.220 e. The molecule has 0 saturated carbocycles. The molecule has 1 aliphatic rings. The third-order valence-electron chi connectivity index (χ3n) is 3.38. The summed E-state index contributed by atoms with van der Waals surface area (Å²) < 4.78 is 23.0. The number of aryl methyl sites for hydroxylation is 1. The molecular formula is C14H18ClNO3S. The molecule has 0 aromatic heterocycles. The molecule has 1 amide bonds. The van der Waals surface area contributed by atoms with E-state index in [0.29, 0.717) is 24.3 Å². The standard InChI is InChI=1S/C14H18ClNO3S/c15-12-6-3-11(4-7-12)5-8-14(17)16-13-2-1-9-20(18,19)10-13/h3-4,6-7,13H,1-2,5,8-10H2,(H,16,17). The van der Waals surface area contributed by atoms with Crippen LogP contribution in [0.15, 0.2) is 24.3 Å². The monoisotopic (exact) mass is 315 g/mol. The average Bonchev–Trinajstić information content (AvgIpc) is 2.37. The number of rotatable bonds is 4. The number of benzene rings is 1. The molecule has 1 fully saturated rings. The zero-order valence-electron chi connectivity index (χ0n) is 11.1. The molecule has 0 bridgehead atoms. The van der Waals surface area contributed by atoms with Crippen molar-refractivity contribution in [3.8, 4) is 0 Å². The SMILES string of the molecule is O=C(CCc1ccc(Cl)cc1)NC1CCCS(=O)(=O)C1. The number of carbonyl (C=O) groups is 1. The molecule has 1 aromatic rings. The van der Waals surface area contributed by atoms with Gasteiger partial charge in [0.15, 0.2) is 9.84 Å². The van der Waals surface area contributed by atoms with Crippen LogP contribution in [-0.2, 0) is 21.1 Å². The highest BCUT2D eigenvalue weighted by molar-refractivity contribution is 7.91. The van der Waals surface area contributed by atoms with Gasteiger partial charge in [0.05, 0.1) is 11.5 Å². The number of nitrogens with one attached hydrogen (secondary N) is 1. The Bertz CT molecular complexity index is 569. The van der Waals surface area contributed by atoms with Gasteiger partial charge in [0.25, 0.3) is 0 Å². The Labute approximate surface area is 124 Å². The molecule has 1 unspecified atom stereocenters. The predicted octanol–water partition coefficient (Wildman–Crippen LogP) is 1.97. The Kier molecular flexibility index (Phi) is 5.05. The third kappa shape index (κ3) is 4.80. The number of sulfone groups is 1. The Morgan fingerprint density at radius 2 is 2.00 bits per heavy atom. The van der Waals surface area contributed by atoms with Crippen LogP contribution in [0.25, 0.3) is 0 Å². The molecule has 110 valence electrons. The van der Waals surface area contributed by atoms with Gasteiger partial charge in [0.2, 0.25) is 5.91 Å². The lowest BCUT2D eigenvalue weighted by Gasteiger charge is -2.23. The first kappa shape index (κ1) is 15.3. The van der Waals surface area contributed by atoms with E-state index in [1.165, 1.54) is 0 Å². The minimum atomic E-state index is -2.98. The van der Waals surface area contributed by atoms with E-state index in [-0.39, 0.29) is 23.5 Å². The van der Waals surface area contributed by atoms with Crippen molar-refractivity contribution < 1.29 is 13.2 Å². The number of hydrogen-bond acceptors (Lipinski definition) is 3. The van der Waals surface area contributed by atoms with Gasteiger partial charge in [-0.15, -0.1) is 0 Å². The quantitative estimate of drug-likeness (QED) is 0.924. The zero-order valence-corrected chi connectivity index (χ0v) is 12.7. The van der Waals surface area contributed by atoms with Crippen LogP contribution in [0.5, 0.6) is 0 Å². The molecule has 1 aromatic carbocycles. The highest BCUT2D eigenvalue weighted by Gasteiger charge is 2.25. The van der Waals surface area contributed by atoms with E-state index in [4.69, 9.17) is 11.6 Å². The van der Waals surface area contributed by atoms with Gasteiger partial charge < -0.3 is 5.32 Å². The lowest BCUT2D eigenvalue weighted by molar-refractivity contribution is -0.121. The normalized spacial score (nSPS) is 21.4. The first-order chi connectivity index (χ1) is 9.44. The number of carbonyl (C=O) groups excluding carboxylic acids is 1. The number of amides is 1. The summed E-state index contributed by atoms with van der Waals surface area (Å²) in [6.45, 7) is 0. The highest BCUT2D eigenvalue weighted by atomic mass is 35.5. The topological polar surface area (TPSA) is 63.2 Å². The van der Waals surface area contributed by atoms with Crippen molar-refractivity contribution in [3.63, 3.8) is 0 Å². The van der Waals surface area contributed by atoms with Crippen molar-refractivity contribution in [1.29, 1.82) is 0 Å². The molecule has 1 heterocycles. The molecule has 20 heavy (non-hydrogen) atoms. The number of hydrogen-bond donors (Lipinski definition) is 1. The van der Waals surface area contributed by atoms with E-state index in [0.717, 1.165) is 12.0 Å². The summed E-state index contributed by atoms with van der Waals surface area (Å²) >= 11 is 5.79. The van der Waals surface area contributed by atoms with Crippen LogP contribution >= 0.6 is 11.6 Å². The molecule has 0 aliphatic carbocycles. The summed E-state index contributed by atoms with van der Waals surface area (Å²) in [5.41, 5.74) is 1.04. The van der Waals surface area contributed by atoms with Crippen LogP contribution in [0.3, 0.4) is 0 Å². The summed E-state index contributed by atoms with van der Waals surface area (Å²) in [5.74, 6) is 0.214. The molecule has 4 nitrogen and oxygen atoms in total. The maximum atomic E-state index is 11.8. The third-order valence-corrected chi connectivity index (χ3v) is 5.46. The average molecular weight is 316 g/mol. The largest absolute Gasteiger partial charge is 0.352 e. The van der Waals surface area contributed by atoms with Gasteiger partial charge >= 0.3 is 0 Å². The van der Waals surface area contributed by atoms with Crippen molar-refractivity contribution in [3.05, 3.63) is 34.9 Å². The predicted molar refractivity (Wildman–Crippen MR) is 79.6 cm³/mol. The molecular weight excluding hydrogens is 298 g/mol. The molecule has 1 saturated heterocycles. The Morgan fingerprint density at radius 1 is 1.30 bits per heavy atom. The maximum absolute atomic E-state index is 11.8. The van der Waals surface area contributed by atoms with Crippen LogP contribution < -0.4 is 5.32 Å². The fraction of sp³-hybridized carbons (Fsp3) is 0.500. The van der Waals surface area contributed by atoms with Gasteiger partial charge in [-0.05, 0) is 37.0 Å².